The molecule has 0 aromatic heterocycles. The fraction of sp³-hybridized carbons (Fsp3) is 0. The van der Waals surface area contributed by atoms with Gasteiger partial charge in [-0.1, -0.05) is 0 Å². The lowest BCUT2D eigenvalue weighted by Gasteiger charge is -1.69. The summed E-state index contributed by atoms with van der Waals surface area (Å²) in [5.74, 6) is -0.333. The molecule has 5 nitrogen and oxygen atoms in total. The average Bonchev–Trinajstić information content (AvgIpc) is 1.33. The van der Waals surface area contributed by atoms with Crippen LogP contribution in [0.25, 0.3) is 0 Å². The maximum atomic E-state index is 8.57. The van der Waals surface area contributed by atoms with Crippen LogP contribution in [0.15, 0.2) is 0 Å². The van der Waals surface area contributed by atoms with Crippen LogP contribution in [0.3, 0.4) is 0 Å². The van der Waals surface area contributed by atoms with Crippen molar-refractivity contribution in [1.82, 2.24) is 0 Å². The summed E-state index contributed by atoms with van der Waals surface area (Å²) in [5.41, 5.74) is 8.94. The Hall–Kier alpha value is -0.540. The van der Waals surface area contributed by atoms with Gasteiger partial charge in [-0.25, -0.2) is 0 Å². The Labute approximate surface area is 42.1 Å². The number of nitrogens with one attached hydrogen (secondary N) is 1. The third-order valence-corrected chi connectivity index (χ3v) is 0. The summed E-state index contributed by atoms with van der Waals surface area (Å²) < 4.78 is 8.57. The van der Waals surface area contributed by atoms with Gasteiger partial charge < -0.3 is 16.4 Å². The molecule has 6 heteroatoms. The molecule has 0 aromatic carbocycles. The molecule has 1 unspecified atom stereocenters. The van der Waals surface area contributed by atoms with Gasteiger partial charge in [0.2, 0.25) is 0 Å². The van der Waals surface area contributed by atoms with Crippen LogP contribution in [0, 0.1) is 5.41 Å². The van der Waals surface area contributed by atoms with Crippen LogP contribution in [-0.2, 0) is 4.57 Å². The van der Waals surface area contributed by atoms with Crippen LogP contribution in [0.4, 0.5) is 0 Å². The first-order chi connectivity index (χ1) is 3.15. The molecule has 1 atom stereocenters. The number of hydrogen-bond donors (Lipinski definition) is 4. The van der Waals surface area contributed by atoms with Crippen molar-refractivity contribution in [1.29, 1.82) is 5.41 Å². The van der Waals surface area contributed by atoms with Crippen molar-refractivity contribution in [3.05, 3.63) is 0 Å². The quantitative estimate of drug-likeness (QED) is 0.179. The second-order valence-corrected chi connectivity index (χ2v) is 0.772. The van der Waals surface area contributed by atoms with E-state index in [4.69, 9.17) is 14.9 Å². The molecule has 0 aliphatic rings. The summed E-state index contributed by atoms with van der Waals surface area (Å²) in [6.07, 6.45) is 0. The Morgan fingerprint density at radius 3 is 1.71 bits per heavy atom. The molecule has 0 aliphatic heterocycles. The third kappa shape index (κ3) is 224. The smallest absolute Gasteiger partial charge is 0.183 e. The molecular weight excluding hydrogens is 117 g/mol. The van der Waals surface area contributed by atoms with Gasteiger partial charge in [-0.3, -0.25) is 9.97 Å². The van der Waals surface area contributed by atoms with E-state index in [9.17, 15) is 0 Å². The fourth-order valence-corrected chi connectivity index (χ4v) is 0. The number of nitrogens with two attached hydrogens (primary N) is 2. The molecule has 0 rings (SSSR count). The molecule has 0 radical (unpaired) electrons. The summed E-state index contributed by atoms with van der Waals surface area (Å²) in [6, 6.07) is 0. The van der Waals surface area contributed by atoms with Crippen LogP contribution in [-0.4, -0.2) is 10.9 Å². The lowest BCUT2D eigenvalue weighted by atomic mass is 11.1. The van der Waals surface area contributed by atoms with Gasteiger partial charge in [0, 0.05) is 0 Å². The van der Waals surface area contributed by atoms with Crippen LogP contribution >= 0.6 is 8.69 Å². The molecule has 0 spiro atoms. The van der Waals surface area contributed by atoms with E-state index >= 15 is 0 Å². The summed E-state index contributed by atoms with van der Waals surface area (Å²) >= 11 is 0. The SMILES string of the molecule is N=C(N)N.O=[PH2]O. The molecule has 6 N–H and O–H groups in total. The summed E-state index contributed by atoms with van der Waals surface area (Å²) in [7, 11) is -1.50. The van der Waals surface area contributed by atoms with E-state index in [0.717, 1.165) is 0 Å². The molecule has 44 valence electrons. The van der Waals surface area contributed by atoms with Crippen molar-refractivity contribution >= 4 is 14.6 Å². The molecule has 0 bridgehead atoms. The Morgan fingerprint density at radius 2 is 1.71 bits per heavy atom. The van der Waals surface area contributed by atoms with E-state index in [1.54, 1.807) is 0 Å². The van der Waals surface area contributed by atoms with Gasteiger partial charge >= 0.3 is 0 Å². The maximum Gasteiger partial charge on any atom is 0.183 e. The highest BCUT2D eigenvalue weighted by molar-refractivity contribution is 7.16. The highest BCUT2D eigenvalue weighted by atomic mass is 31.1. The van der Waals surface area contributed by atoms with Gasteiger partial charge in [0.25, 0.3) is 0 Å². The maximum absolute atomic E-state index is 8.57. The first-order valence-electron chi connectivity index (χ1n) is 1.32. The molecule has 0 amide bonds. The average molecular weight is 125 g/mol. The van der Waals surface area contributed by atoms with E-state index < -0.39 is 8.69 Å². The summed E-state index contributed by atoms with van der Waals surface area (Å²) in [4.78, 5) is 7.10. The minimum atomic E-state index is -1.50. The van der Waals surface area contributed by atoms with Crippen LogP contribution in [0.5, 0.6) is 0 Å². The topological polar surface area (TPSA) is 113 Å². The van der Waals surface area contributed by atoms with E-state index in [2.05, 4.69) is 11.5 Å². The zero-order valence-electron chi connectivity index (χ0n) is 3.59. The highest BCUT2D eigenvalue weighted by Gasteiger charge is 1.52. The van der Waals surface area contributed by atoms with Crippen molar-refractivity contribution in [3.8, 4) is 0 Å². The van der Waals surface area contributed by atoms with E-state index in [1.807, 2.05) is 0 Å². The zero-order chi connectivity index (χ0) is 6.28. The molecule has 0 fully saturated rings. The second kappa shape index (κ2) is 9.07. The van der Waals surface area contributed by atoms with Crippen molar-refractivity contribution in [2.24, 2.45) is 11.5 Å². The molecule has 0 heterocycles. The van der Waals surface area contributed by atoms with Crippen LogP contribution in [0.1, 0.15) is 0 Å². The van der Waals surface area contributed by atoms with Crippen molar-refractivity contribution < 1.29 is 9.46 Å². The van der Waals surface area contributed by atoms with Gasteiger partial charge in [-0.15, -0.1) is 0 Å². The second-order valence-electron chi connectivity index (χ2n) is 0.561. The van der Waals surface area contributed by atoms with E-state index in [-0.39, 0.29) is 5.96 Å². The van der Waals surface area contributed by atoms with Crippen molar-refractivity contribution in [3.63, 3.8) is 0 Å². The minimum Gasteiger partial charge on any atom is -0.370 e. The standard InChI is InChI=1S/CH5N3.H3O2P/c2-1(3)4;1-3-2/h(H5,2,3,4);3H2,(H,1,2). The number of rotatable bonds is 0. The third-order valence-electron chi connectivity index (χ3n) is 0. The Balaban J connectivity index is 0. The van der Waals surface area contributed by atoms with E-state index in [1.165, 1.54) is 0 Å². The van der Waals surface area contributed by atoms with E-state index in [0.29, 0.717) is 0 Å². The molecule has 0 saturated carbocycles. The Morgan fingerprint density at radius 1 is 1.71 bits per heavy atom. The lowest BCUT2D eigenvalue weighted by molar-refractivity contribution is 0.524. The molecule has 0 aliphatic carbocycles. The van der Waals surface area contributed by atoms with Gasteiger partial charge in [0.1, 0.15) is 0 Å². The van der Waals surface area contributed by atoms with Gasteiger partial charge in [-0.2, -0.15) is 0 Å². The van der Waals surface area contributed by atoms with Crippen molar-refractivity contribution in [2.75, 3.05) is 0 Å². The monoisotopic (exact) mass is 125 g/mol. The van der Waals surface area contributed by atoms with Gasteiger partial charge in [0.05, 0.1) is 0 Å². The fourth-order valence-electron chi connectivity index (χ4n) is 0. The Bertz CT molecular complexity index is 60.0. The lowest BCUT2D eigenvalue weighted by Crippen LogP contribution is -2.20. The molecule has 0 aromatic rings. The van der Waals surface area contributed by atoms with Crippen LogP contribution < -0.4 is 11.5 Å². The first kappa shape index (κ1) is 9.68. The number of hydrogen-bond acceptors (Lipinski definition) is 2. The predicted octanol–water partition coefficient (Wildman–Crippen LogP) is -1.51. The molecule has 0 saturated heterocycles. The highest BCUT2D eigenvalue weighted by Crippen LogP contribution is 1.66. The van der Waals surface area contributed by atoms with Gasteiger partial charge in [-0.05, 0) is 0 Å². The summed E-state index contributed by atoms with van der Waals surface area (Å²) in [5, 5.41) is 6.06. The van der Waals surface area contributed by atoms with Gasteiger partial charge in [0.15, 0.2) is 14.6 Å². The zero-order valence-corrected chi connectivity index (χ0v) is 4.74. The predicted molar refractivity (Wildman–Crippen MR) is 28.7 cm³/mol. The minimum absolute atomic E-state index is 0.333. The van der Waals surface area contributed by atoms with Crippen LogP contribution in [0.2, 0.25) is 0 Å². The largest absolute Gasteiger partial charge is 0.370 e. The normalized spacial score (nSPS) is 7.57. The van der Waals surface area contributed by atoms with Crippen molar-refractivity contribution in [2.45, 2.75) is 0 Å². The molecular formula is CH8N3O2P. The molecule has 7 heavy (non-hydrogen) atoms. The number of guanidine groups is 1. The summed E-state index contributed by atoms with van der Waals surface area (Å²) in [6.45, 7) is 0. The first-order valence-corrected chi connectivity index (χ1v) is 2.31. The Kier molecular flexibility index (Phi) is 12.5.